The highest BCUT2D eigenvalue weighted by Crippen LogP contribution is 2.37. The van der Waals surface area contributed by atoms with E-state index >= 15 is 0 Å². The van der Waals surface area contributed by atoms with E-state index in [1.165, 1.54) is 39.3 Å². The molecule has 208 valence electrons. The molecule has 42 heavy (non-hydrogen) atoms. The van der Waals surface area contributed by atoms with Crippen LogP contribution < -0.4 is 4.90 Å². The minimum absolute atomic E-state index is 0.127. The molecular formula is C35H28N2O5. The highest BCUT2D eigenvalue weighted by atomic mass is 16.5. The Morgan fingerprint density at radius 1 is 0.762 bits per heavy atom. The van der Waals surface area contributed by atoms with Gasteiger partial charge in [0.25, 0.3) is 5.91 Å². The standard InChI is InChI=1S/C35H28N2O5/c38-32(25-11-14-30-27(18-25)17-24-6-3-4-8-29(24)30)21-42-35(41)23-9-12-28(13-10-23)37-33(39)19-31(34(37)40)36-16-15-22-5-1-2-7-26(22)20-36/h1-14,18,31H,15-17,19-21H2. The predicted molar refractivity (Wildman–Crippen MR) is 157 cm³/mol. The summed E-state index contributed by atoms with van der Waals surface area (Å²) < 4.78 is 5.32. The maximum Gasteiger partial charge on any atom is 0.338 e. The molecule has 4 aromatic carbocycles. The third-order valence-corrected chi connectivity index (χ3v) is 8.53. The Bertz CT molecular complexity index is 1760. The smallest absolute Gasteiger partial charge is 0.338 e. The molecule has 2 aliphatic heterocycles. The van der Waals surface area contributed by atoms with Gasteiger partial charge in [-0.15, -0.1) is 0 Å². The monoisotopic (exact) mass is 556 g/mol. The molecule has 1 aliphatic carbocycles. The van der Waals surface area contributed by atoms with Crippen molar-refractivity contribution in [1.82, 2.24) is 4.90 Å². The van der Waals surface area contributed by atoms with E-state index in [9.17, 15) is 19.2 Å². The van der Waals surface area contributed by atoms with Crippen LogP contribution in [-0.4, -0.2) is 47.7 Å². The number of carbonyl (C=O) groups is 4. The minimum Gasteiger partial charge on any atom is -0.454 e. The molecule has 0 aromatic heterocycles. The van der Waals surface area contributed by atoms with Gasteiger partial charge in [0, 0.05) is 18.7 Å². The van der Waals surface area contributed by atoms with Crippen LogP contribution in [0.5, 0.6) is 0 Å². The van der Waals surface area contributed by atoms with Crippen LogP contribution in [0.2, 0.25) is 0 Å². The first-order valence-corrected chi connectivity index (χ1v) is 14.2. The Kier molecular flexibility index (Phi) is 6.52. The number of nitrogens with zero attached hydrogens (tertiary/aromatic N) is 2. The van der Waals surface area contributed by atoms with Crippen LogP contribution in [0.1, 0.15) is 49.4 Å². The van der Waals surface area contributed by atoms with Gasteiger partial charge in [0.05, 0.1) is 23.7 Å². The number of hydrogen-bond donors (Lipinski definition) is 0. The minimum atomic E-state index is -0.646. The normalized spacial score (nSPS) is 17.5. The van der Waals surface area contributed by atoms with E-state index in [4.69, 9.17) is 4.74 Å². The second-order valence-electron chi connectivity index (χ2n) is 11.0. The molecule has 1 unspecified atom stereocenters. The van der Waals surface area contributed by atoms with E-state index in [-0.39, 0.29) is 36.2 Å². The third kappa shape index (κ3) is 4.62. The topological polar surface area (TPSA) is 84.0 Å². The number of hydrogen-bond acceptors (Lipinski definition) is 6. The number of amides is 2. The van der Waals surface area contributed by atoms with Gasteiger partial charge in [-0.3, -0.25) is 19.3 Å². The molecule has 2 heterocycles. The zero-order chi connectivity index (χ0) is 28.8. The first-order chi connectivity index (χ1) is 20.5. The quantitative estimate of drug-likeness (QED) is 0.167. The van der Waals surface area contributed by atoms with E-state index in [0.717, 1.165) is 30.5 Å². The van der Waals surface area contributed by atoms with E-state index < -0.39 is 12.0 Å². The lowest BCUT2D eigenvalue weighted by atomic mass is 9.98. The molecule has 1 fully saturated rings. The second kappa shape index (κ2) is 10.5. The van der Waals surface area contributed by atoms with Gasteiger partial charge in [-0.25, -0.2) is 9.69 Å². The van der Waals surface area contributed by atoms with Gasteiger partial charge in [-0.05, 0) is 76.6 Å². The van der Waals surface area contributed by atoms with Gasteiger partial charge in [-0.2, -0.15) is 0 Å². The number of benzene rings is 4. The highest BCUT2D eigenvalue weighted by molar-refractivity contribution is 6.22. The number of Topliss-reactive ketones (excluding diaryl/α,β-unsaturated/α-hetero) is 1. The number of ether oxygens (including phenoxy) is 1. The SMILES string of the molecule is O=C(COC(=O)c1ccc(N2C(=O)CC(N3CCc4ccccc4C3)C2=O)cc1)c1ccc2c(c1)Cc1ccccc1-2. The molecule has 0 spiro atoms. The van der Waals surface area contributed by atoms with Crippen molar-refractivity contribution >= 4 is 29.3 Å². The molecular weight excluding hydrogens is 528 g/mol. The van der Waals surface area contributed by atoms with Crippen molar-refractivity contribution < 1.29 is 23.9 Å². The van der Waals surface area contributed by atoms with Gasteiger partial charge in [0.2, 0.25) is 5.91 Å². The van der Waals surface area contributed by atoms with Crippen molar-refractivity contribution in [2.24, 2.45) is 0 Å². The molecule has 2 amide bonds. The van der Waals surface area contributed by atoms with Crippen molar-refractivity contribution in [2.45, 2.75) is 31.8 Å². The number of anilines is 1. The Balaban J connectivity index is 0.976. The number of ketones is 1. The summed E-state index contributed by atoms with van der Waals surface area (Å²) in [4.78, 5) is 55.0. The molecule has 0 bridgehead atoms. The maximum atomic E-state index is 13.3. The van der Waals surface area contributed by atoms with Crippen LogP contribution in [0, 0.1) is 0 Å². The Hall–Kier alpha value is -4.88. The lowest BCUT2D eigenvalue weighted by molar-refractivity contribution is -0.123. The first kappa shape index (κ1) is 26.0. The van der Waals surface area contributed by atoms with Crippen LogP contribution in [-0.2, 0) is 33.7 Å². The van der Waals surface area contributed by atoms with Crippen molar-refractivity contribution in [1.29, 1.82) is 0 Å². The van der Waals surface area contributed by atoms with E-state index in [2.05, 4.69) is 29.2 Å². The van der Waals surface area contributed by atoms with Crippen LogP contribution >= 0.6 is 0 Å². The highest BCUT2D eigenvalue weighted by Gasteiger charge is 2.43. The Morgan fingerprint density at radius 2 is 1.45 bits per heavy atom. The van der Waals surface area contributed by atoms with Crippen molar-refractivity contribution in [3.63, 3.8) is 0 Å². The average Bonchev–Trinajstić information content (AvgIpc) is 3.55. The summed E-state index contributed by atoms with van der Waals surface area (Å²) in [6.45, 7) is 0.976. The summed E-state index contributed by atoms with van der Waals surface area (Å²) in [6, 6.07) is 27.6. The summed E-state index contributed by atoms with van der Waals surface area (Å²) in [5, 5.41) is 0. The van der Waals surface area contributed by atoms with Gasteiger partial charge >= 0.3 is 5.97 Å². The molecule has 1 saturated heterocycles. The molecule has 7 rings (SSSR count). The molecule has 1 atom stereocenters. The van der Waals surface area contributed by atoms with E-state index in [0.29, 0.717) is 17.8 Å². The van der Waals surface area contributed by atoms with E-state index in [1.54, 1.807) is 18.2 Å². The summed E-state index contributed by atoms with van der Waals surface area (Å²) in [5.74, 6) is -1.44. The fourth-order valence-corrected chi connectivity index (χ4v) is 6.32. The summed E-state index contributed by atoms with van der Waals surface area (Å²) in [5.41, 5.74) is 8.25. The fraction of sp³-hybridized carbons (Fsp3) is 0.200. The van der Waals surface area contributed by atoms with Gasteiger partial charge < -0.3 is 4.74 Å². The molecule has 7 nitrogen and oxygen atoms in total. The molecule has 0 saturated carbocycles. The number of carbonyl (C=O) groups excluding carboxylic acids is 4. The Morgan fingerprint density at radius 3 is 2.26 bits per heavy atom. The third-order valence-electron chi connectivity index (χ3n) is 8.53. The van der Waals surface area contributed by atoms with Crippen molar-refractivity contribution in [2.75, 3.05) is 18.1 Å². The van der Waals surface area contributed by atoms with Gasteiger partial charge in [0.1, 0.15) is 0 Å². The molecule has 0 N–H and O–H groups in total. The largest absolute Gasteiger partial charge is 0.454 e. The number of rotatable bonds is 6. The average molecular weight is 557 g/mol. The van der Waals surface area contributed by atoms with Crippen molar-refractivity contribution in [3.05, 3.63) is 124 Å². The molecule has 7 heteroatoms. The van der Waals surface area contributed by atoms with Crippen LogP contribution in [0.25, 0.3) is 11.1 Å². The summed E-state index contributed by atoms with van der Waals surface area (Å²) >= 11 is 0. The van der Waals surface area contributed by atoms with Gasteiger partial charge in [-0.1, -0.05) is 60.7 Å². The summed E-state index contributed by atoms with van der Waals surface area (Å²) in [6.07, 6.45) is 1.74. The predicted octanol–water partition coefficient (Wildman–Crippen LogP) is 4.99. The lowest BCUT2D eigenvalue weighted by Gasteiger charge is -2.32. The van der Waals surface area contributed by atoms with Crippen LogP contribution in [0.15, 0.2) is 91.0 Å². The number of imide groups is 1. The maximum absolute atomic E-state index is 13.3. The van der Waals surface area contributed by atoms with Crippen molar-refractivity contribution in [3.8, 4) is 11.1 Å². The zero-order valence-electron chi connectivity index (χ0n) is 22.9. The van der Waals surface area contributed by atoms with Gasteiger partial charge in [0.15, 0.2) is 12.4 Å². The molecule has 3 aliphatic rings. The summed E-state index contributed by atoms with van der Waals surface area (Å²) in [7, 11) is 0. The molecule has 0 radical (unpaired) electrons. The fourth-order valence-electron chi connectivity index (χ4n) is 6.32. The lowest BCUT2D eigenvalue weighted by Crippen LogP contribution is -2.44. The second-order valence-corrected chi connectivity index (χ2v) is 11.0. The first-order valence-electron chi connectivity index (χ1n) is 14.2. The zero-order valence-corrected chi connectivity index (χ0v) is 22.9. The molecule has 4 aromatic rings. The number of fused-ring (bicyclic) bond motifs is 4. The Labute approximate surface area is 243 Å². The van der Waals surface area contributed by atoms with E-state index in [1.807, 2.05) is 36.4 Å². The van der Waals surface area contributed by atoms with Crippen LogP contribution in [0.4, 0.5) is 5.69 Å². The van der Waals surface area contributed by atoms with Crippen LogP contribution in [0.3, 0.4) is 0 Å². The number of esters is 1.